The van der Waals surface area contributed by atoms with E-state index in [0.29, 0.717) is 17.9 Å². The van der Waals surface area contributed by atoms with Crippen molar-refractivity contribution in [3.8, 4) is 0 Å². The molecular weight excluding hydrogens is 614 g/mol. The van der Waals surface area contributed by atoms with Crippen molar-refractivity contribution < 1.29 is 23.9 Å². The number of hydrogen-bond donors (Lipinski definition) is 2. The summed E-state index contributed by atoms with van der Waals surface area (Å²) in [6, 6.07) is 14.7. The van der Waals surface area contributed by atoms with Crippen LogP contribution in [0.1, 0.15) is 19.4 Å². The first-order chi connectivity index (χ1) is 16.4. The third kappa shape index (κ3) is 8.58. The van der Waals surface area contributed by atoms with Crippen LogP contribution in [0.3, 0.4) is 0 Å². The summed E-state index contributed by atoms with van der Waals surface area (Å²) in [5.41, 5.74) is 8.06. The quantitative estimate of drug-likeness (QED) is 0.379. The van der Waals surface area contributed by atoms with Crippen molar-refractivity contribution in [2.24, 2.45) is 5.73 Å². The minimum atomic E-state index is -0.902. The van der Waals surface area contributed by atoms with Gasteiger partial charge in [0.15, 0.2) is 0 Å². The molecule has 2 aromatic rings. The Kier molecular flexibility index (Phi) is 14.3. The number of esters is 2. The molecular formula is C25H33Br2N3O5S. The van der Waals surface area contributed by atoms with E-state index in [0.717, 1.165) is 10.5 Å². The van der Waals surface area contributed by atoms with Gasteiger partial charge in [0.2, 0.25) is 5.91 Å². The highest BCUT2D eigenvalue weighted by Crippen LogP contribution is 2.34. The number of para-hydroxylation sites is 1. The number of nitrogens with zero attached hydrogens (tertiary/aromatic N) is 1. The van der Waals surface area contributed by atoms with Gasteiger partial charge in [-0.3, -0.25) is 24.6 Å². The molecule has 11 heteroatoms. The molecule has 36 heavy (non-hydrogen) atoms. The number of rotatable bonds is 10. The van der Waals surface area contributed by atoms with Crippen LogP contribution >= 0.6 is 45.7 Å². The third-order valence-corrected chi connectivity index (χ3v) is 6.54. The maximum atomic E-state index is 13.6. The number of amides is 1. The van der Waals surface area contributed by atoms with E-state index in [1.807, 2.05) is 48.5 Å². The van der Waals surface area contributed by atoms with Crippen molar-refractivity contribution in [1.29, 1.82) is 0 Å². The Labute approximate surface area is 237 Å². The van der Waals surface area contributed by atoms with E-state index in [4.69, 9.17) is 15.2 Å². The maximum absolute atomic E-state index is 13.6. The Bertz CT molecular complexity index is 999. The molecule has 0 fully saturated rings. The molecule has 2 aromatic carbocycles. The maximum Gasteiger partial charge on any atom is 0.326 e. The first-order valence-electron chi connectivity index (χ1n) is 11.4. The van der Waals surface area contributed by atoms with Gasteiger partial charge in [0.25, 0.3) is 0 Å². The van der Waals surface area contributed by atoms with Crippen LogP contribution < -0.4 is 16.0 Å². The predicted molar refractivity (Wildman–Crippen MR) is 152 cm³/mol. The summed E-state index contributed by atoms with van der Waals surface area (Å²) in [5.74, 6) is -0.975. The van der Waals surface area contributed by atoms with Crippen LogP contribution in [0.5, 0.6) is 0 Å². The fraction of sp³-hybridized carbons (Fsp3) is 0.400. The molecule has 1 aliphatic heterocycles. The lowest BCUT2D eigenvalue weighted by Gasteiger charge is -2.29. The van der Waals surface area contributed by atoms with Crippen LogP contribution in [0.25, 0.3) is 0 Å². The second-order valence-electron chi connectivity index (χ2n) is 7.81. The number of ether oxygens (including phenoxy) is 2. The predicted octanol–water partition coefficient (Wildman–Crippen LogP) is 3.30. The molecule has 1 amide bonds. The number of carbonyl (C=O) groups excluding carboxylic acids is 3. The summed E-state index contributed by atoms with van der Waals surface area (Å²) >= 11 is 1.48. The molecule has 3 rings (SSSR count). The minimum absolute atomic E-state index is 0. The van der Waals surface area contributed by atoms with Gasteiger partial charge in [-0.1, -0.05) is 42.5 Å². The highest BCUT2D eigenvalue weighted by atomic mass is 79.9. The second-order valence-corrected chi connectivity index (χ2v) is 8.87. The van der Waals surface area contributed by atoms with Gasteiger partial charge in [-0.15, -0.1) is 45.7 Å². The van der Waals surface area contributed by atoms with Crippen molar-refractivity contribution >= 4 is 69.3 Å². The molecule has 1 unspecified atom stereocenters. The fourth-order valence-electron chi connectivity index (χ4n) is 3.79. The van der Waals surface area contributed by atoms with Crippen LogP contribution in [0.15, 0.2) is 59.5 Å². The first kappa shape index (κ1) is 32.1. The smallest absolute Gasteiger partial charge is 0.326 e. The monoisotopic (exact) mass is 645 g/mol. The molecule has 198 valence electrons. The van der Waals surface area contributed by atoms with E-state index in [1.54, 1.807) is 19.9 Å². The fourth-order valence-corrected chi connectivity index (χ4v) is 4.88. The normalized spacial score (nSPS) is 16.4. The second kappa shape index (κ2) is 16.0. The molecule has 0 spiro atoms. The SMILES string of the molecule is Br.Br.CCOC(=O)CN1C(=O)[C@@H](NC(C(=O)OCC)[C@@H](N)Cc2ccccc2)CSc2ccccc21. The number of nitrogens with one attached hydrogen (secondary N) is 1. The van der Waals surface area contributed by atoms with Crippen LogP contribution in [0.2, 0.25) is 0 Å². The number of halogens is 2. The summed E-state index contributed by atoms with van der Waals surface area (Å²) in [4.78, 5) is 41.0. The van der Waals surface area contributed by atoms with E-state index in [1.165, 1.54) is 16.7 Å². The Morgan fingerprint density at radius 3 is 2.36 bits per heavy atom. The van der Waals surface area contributed by atoms with Gasteiger partial charge < -0.3 is 15.2 Å². The molecule has 0 saturated carbocycles. The first-order valence-corrected chi connectivity index (χ1v) is 12.3. The molecule has 8 nitrogen and oxygen atoms in total. The van der Waals surface area contributed by atoms with E-state index >= 15 is 0 Å². The number of nitrogens with two attached hydrogens (primary N) is 1. The number of hydrogen-bond acceptors (Lipinski definition) is 8. The Hall–Kier alpha value is -1.92. The summed E-state index contributed by atoms with van der Waals surface area (Å²) in [6.45, 7) is 3.64. The van der Waals surface area contributed by atoms with E-state index in [-0.39, 0.29) is 59.6 Å². The standard InChI is InChI=1S/C25H31N3O5S.2BrH/c1-3-32-22(29)15-28-20-12-8-9-13-21(20)34-16-19(24(28)30)27-23(25(31)33-4-2)18(26)14-17-10-6-5-7-11-17;;/h5-13,18-19,23,27H,3-4,14-16,26H2,1-2H3;2*1H/t18-,19-,23?;;/m0../s1. The van der Waals surface area contributed by atoms with Gasteiger partial charge in [0.1, 0.15) is 12.6 Å². The lowest BCUT2D eigenvalue weighted by atomic mass is 9.99. The average molecular weight is 647 g/mol. The summed E-state index contributed by atoms with van der Waals surface area (Å²) in [6.07, 6.45) is 0.429. The van der Waals surface area contributed by atoms with Gasteiger partial charge in [0.05, 0.1) is 24.9 Å². The molecule has 0 aromatic heterocycles. The van der Waals surface area contributed by atoms with Gasteiger partial charge >= 0.3 is 11.9 Å². The van der Waals surface area contributed by atoms with Crippen LogP contribution in [0, 0.1) is 0 Å². The summed E-state index contributed by atoms with van der Waals surface area (Å²) in [7, 11) is 0. The van der Waals surface area contributed by atoms with E-state index in [2.05, 4.69) is 5.32 Å². The molecule has 1 aliphatic rings. The van der Waals surface area contributed by atoms with Crippen LogP contribution in [-0.4, -0.2) is 61.5 Å². The molecule has 0 aliphatic carbocycles. The summed E-state index contributed by atoms with van der Waals surface area (Å²) < 4.78 is 10.4. The van der Waals surface area contributed by atoms with Crippen molar-refractivity contribution in [3.05, 3.63) is 60.2 Å². The van der Waals surface area contributed by atoms with Crippen molar-refractivity contribution in [1.82, 2.24) is 5.32 Å². The number of thioether (sulfide) groups is 1. The van der Waals surface area contributed by atoms with Crippen molar-refractivity contribution in [2.45, 2.75) is 43.3 Å². The van der Waals surface area contributed by atoms with Crippen LogP contribution in [-0.2, 0) is 30.3 Å². The van der Waals surface area contributed by atoms with Crippen molar-refractivity contribution in [2.75, 3.05) is 30.4 Å². The molecule has 0 saturated heterocycles. The number of fused-ring (bicyclic) bond motifs is 1. The summed E-state index contributed by atoms with van der Waals surface area (Å²) in [5, 5.41) is 3.16. The third-order valence-electron chi connectivity index (χ3n) is 5.38. The Balaban J connectivity index is 0.00000324. The number of benzene rings is 2. The van der Waals surface area contributed by atoms with Gasteiger partial charge in [-0.25, -0.2) is 0 Å². The highest BCUT2D eigenvalue weighted by molar-refractivity contribution is 8.93. The molecule has 0 bridgehead atoms. The number of anilines is 1. The highest BCUT2D eigenvalue weighted by Gasteiger charge is 2.37. The van der Waals surface area contributed by atoms with Crippen LogP contribution in [0.4, 0.5) is 5.69 Å². The van der Waals surface area contributed by atoms with Gasteiger partial charge in [-0.05, 0) is 38.0 Å². The average Bonchev–Trinajstić information content (AvgIpc) is 2.95. The Morgan fingerprint density at radius 2 is 1.69 bits per heavy atom. The lowest BCUT2D eigenvalue weighted by molar-refractivity contribution is -0.147. The van der Waals surface area contributed by atoms with Gasteiger partial charge in [-0.2, -0.15) is 0 Å². The van der Waals surface area contributed by atoms with Crippen molar-refractivity contribution in [3.63, 3.8) is 0 Å². The van der Waals surface area contributed by atoms with Gasteiger partial charge in [0, 0.05) is 16.7 Å². The molecule has 3 N–H and O–H groups in total. The molecule has 0 radical (unpaired) electrons. The van der Waals surface area contributed by atoms with E-state index < -0.39 is 30.1 Å². The largest absolute Gasteiger partial charge is 0.465 e. The molecule has 3 atom stereocenters. The zero-order valence-corrected chi connectivity index (χ0v) is 24.5. The van der Waals surface area contributed by atoms with E-state index in [9.17, 15) is 14.4 Å². The zero-order chi connectivity index (χ0) is 24.5. The molecule has 1 heterocycles. The Morgan fingerprint density at radius 1 is 1.06 bits per heavy atom. The zero-order valence-electron chi connectivity index (χ0n) is 20.3. The minimum Gasteiger partial charge on any atom is -0.465 e. The lowest BCUT2D eigenvalue weighted by Crippen LogP contribution is -2.59. The topological polar surface area (TPSA) is 111 Å². The number of carbonyl (C=O) groups is 3.